The quantitative estimate of drug-likeness (QED) is 0.887. The van der Waals surface area contributed by atoms with Gasteiger partial charge >= 0.3 is 0 Å². The fraction of sp³-hybridized carbons (Fsp3) is 0.318. The summed E-state index contributed by atoms with van der Waals surface area (Å²) in [5.74, 6) is -0.775. The van der Waals surface area contributed by atoms with Crippen molar-refractivity contribution in [1.82, 2.24) is 4.90 Å². The van der Waals surface area contributed by atoms with Gasteiger partial charge in [0.2, 0.25) is 11.8 Å². The van der Waals surface area contributed by atoms with Gasteiger partial charge in [-0.05, 0) is 55.2 Å². The molecular weight excluding hydrogens is 354 g/mol. The molecule has 6 nitrogen and oxygen atoms in total. The van der Waals surface area contributed by atoms with Gasteiger partial charge in [0.1, 0.15) is 6.54 Å². The zero-order valence-electron chi connectivity index (χ0n) is 16.1. The lowest BCUT2D eigenvalue weighted by atomic mass is 9.81. The molecule has 2 aromatic carbocycles. The monoisotopic (exact) mass is 377 g/mol. The summed E-state index contributed by atoms with van der Waals surface area (Å²) >= 11 is 0. The third-order valence-electron chi connectivity index (χ3n) is 5.99. The van der Waals surface area contributed by atoms with Crippen molar-refractivity contribution >= 4 is 23.4 Å². The van der Waals surface area contributed by atoms with Crippen molar-refractivity contribution in [3.63, 3.8) is 0 Å². The number of aryl methyl sites for hydroxylation is 2. The minimum absolute atomic E-state index is 0.0707. The van der Waals surface area contributed by atoms with Crippen molar-refractivity contribution in [1.29, 1.82) is 0 Å². The van der Waals surface area contributed by atoms with Crippen LogP contribution in [0, 0.1) is 13.8 Å². The first-order valence-electron chi connectivity index (χ1n) is 9.40. The number of fused-ring (bicyclic) bond motifs is 2. The molecule has 0 unspecified atom stereocenters. The van der Waals surface area contributed by atoms with E-state index in [0.29, 0.717) is 30.8 Å². The number of anilines is 1. The van der Waals surface area contributed by atoms with Gasteiger partial charge in [-0.25, -0.2) is 0 Å². The number of carbonyl (C=O) groups excluding carboxylic acids is 3. The second kappa shape index (κ2) is 6.48. The van der Waals surface area contributed by atoms with Gasteiger partial charge in [0, 0.05) is 24.3 Å². The minimum atomic E-state index is -0.804. The molecule has 1 atom stereocenters. The molecule has 2 aliphatic heterocycles. The van der Waals surface area contributed by atoms with E-state index in [1.165, 1.54) is 4.90 Å². The van der Waals surface area contributed by atoms with E-state index in [4.69, 9.17) is 5.73 Å². The lowest BCUT2D eigenvalue weighted by Crippen LogP contribution is -2.45. The summed E-state index contributed by atoms with van der Waals surface area (Å²) in [6, 6.07) is 13.1. The molecule has 2 heterocycles. The van der Waals surface area contributed by atoms with Crippen LogP contribution in [0.15, 0.2) is 42.5 Å². The number of carbonyl (C=O) groups is 3. The van der Waals surface area contributed by atoms with Crippen molar-refractivity contribution in [3.05, 3.63) is 64.7 Å². The molecule has 28 heavy (non-hydrogen) atoms. The average Bonchev–Trinajstić information content (AvgIpc) is 3.21. The van der Waals surface area contributed by atoms with E-state index in [1.807, 2.05) is 56.3 Å². The smallest absolute Gasteiger partial charge is 0.253 e. The Morgan fingerprint density at radius 1 is 1.11 bits per heavy atom. The van der Waals surface area contributed by atoms with Gasteiger partial charge in [-0.15, -0.1) is 0 Å². The van der Waals surface area contributed by atoms with Crippen LogP contribution in [0.1, 0.15) is 33.5 Å². The molecule has 0 radical (unpaired) electrons. The van der Waals surface area contributed by atoms with Crippen LogP contribution in [0.25, 0.3) is 0 Å². The third kappa shape index (κ3) is 2.68. The first kappa shape index (κ1) is 18.2. The molecule has 4 rings (SSSR count). The molecule has 0 bridgehead atoms. The van der Waals surface area contributed by atoms with Gasteiger partial charge < -0.3 is 15.5 Å². The Morgan fingerprint density at radius 3 is 2.57 bits per heavy atom. The highest BCUT2D eigenvalue weighted by atomic mass is 16.2. The molecule has 144 valence electrons. The summed E-state index contributed by atoms with van der Waals surface area (Å²) in [7, 11) is 0. The van der Waals surface area contributed by atoms with E-state index < -0.39 is 11.3 Å². The molecule has 0 saturated carbocycles. The predicted octanol–water partition coefficient (Wildman–Crippen LogP) is 1.92. The van der Waals surface area contributed by atoms with Crippen LogP contribution in [0.4, 0.5) is 5.69 Å². The predicted molar refractivity (Wildman–Crippen MR) is 106 cm³/mol. The summed E-state index contributed by atoms with van der Waals surface area (Å²) in [5, 5.41) is 0. The van der Waals surface area contributed by atoms with E-state index in [1.54, 1.807) is 4.90 Å². The van der Waals surface area contributed by atoms with Crippen LogP contribution in [-0.4, -0.2) is 42.3 Å². The normalized spacial score (nSPS) is 20.7. The maximum absolute atomic E-state index is 13.3. The van der Waals surface area contributed by atoms with Crippen molar-refractivity contribution in [2.24, 2.45) is 5.73 Å². The molecule has 2 aliphatic rings. The van der Waals surface area contributed by atoms with Gasteiger partial charge in [0.25, 0.3) is 5.91 Å². The number of hydrogen-bond acceptors (Lipinski definition) is 3. The molecule has 1 fully saturated rings. The number of hydrogen-bond donors (Lipinski definition) is 1. The number of benzene rings is 2. The van der Waals surface area contributed by atoms with Crippen LogP contribution in [-0.2, 0) is 15.0 Å². The van der Waals surface area contributed by atoms with Gasteiger partial charge in [-0.1, -0.05) is 24.3 Å². The lowest BCUT2D eigenvalue weighted by molar-refractivity contribution is -0.125. The van der Waals surface area contributed by atoms with Crippen LogP contribution in [0.2, 0.25) is 0 Å². The molecule has 1 spiro atoms. The number of nitrogens with two attached hydrogens (primary N) is 1. The summed E-state index contributed by atoms with van der Waals surface area (Å²) in [6.45, 7) is 4.65. The van der Waals surface area contributed by atoms with Gasteiger partial charge in [0.15, 0.2) is 0 Å². The highest BCUT2D eigenvalue weighted by Gasteiger charge is 2.55. The standard InChI is InChI=1S/C22H23N3O3/c1-14-7-8-16(11-15(14)2)20(27)24-10-9-22(13-24)17-5-3-4-6-18(17)25(21(22)28)12-19(23)26/h3-8,11H,9-10,12-13H2,1-2H3,(H2,23,26)/t22-/m0/s1. The van der Waals surface area contributed by atoms with E-state index in [2.05, 4.69) is 0 Å². The number of rotatable bonds is 3. The average molecular weight is 377 g/mol. The zero-order valence-corrected chi connectivity index (χ0v) is 16.1. The van der Waals surface area contributed by atoms with Gasteiger partial charge in [-0.3, -0.25) is 14.4 Å². The SMILES string of the molecule is Cc1ccc(C(=O)N2CC[C@@]3(C2)C(=O)N(CC(N)=O)c2ccccc23)cc1C. The highest BCUT2D eigenvalue weighted by Crippen LogP contribution is 2.47. The largest absolute Gasteiger partial charge is 0.368 e. The second-order valence-electron chi connectivity index (χ2n) is 7.73. The maximum Gasteiger partial charge on any atom is 0.253 e. The van der Waals surface area contributed by atoms with Gasteiger partial charge in [0.05, 0.1) is 5.41 Å². The third-order valence-corrected chi connectivity index (χ3v) is 5.99. The number of primary amides is 1. The fourth-order valence-electron chi connectivity index (χ4n) is 4.34. The first-order valence-corrected chi connectivity index (χ1v) is 9.40. The van der Waals surface area contributed by atoms with Crippen molar-refractivity contribution in [2.45, 2.75) is 25.7 Å². The summed E-state index contributed by atoms with van der Waals surface area (Å²) < 4.78 is 0. The fourth-order valence-corrected chi connectivity index (χ4v) is 4.34. The number of nitrogens with zero attached hydrogens (tertiary/aromatic N) is 2. The molecule has 0 aromatic heterocycles. The van der Waals surface area contributed by atoms with E-state index in [0.717, 1.165) is 16.7 Å². The summed E-state index contributed by atoms with van der Waals surface area (Å²) in [6.07, 6.45) is 0.536. The number of likely N-dealkylation sites (tertiary alicyclic amines) is 1. The molecule has 3 amide bonds. The Balaban J connectivity index is 1.66. The maximum atomic E-state index is 13.3. The van der Waals surface area contributed by atoms with Gasteiger partial charge in [-0.2, -0.15) is 0 Å². The summed E-state index contributed by atoms with van der Waals surface area (Å²) in [5.41, 5.74) is 8.97. The van der Waals surface area contributed by atoms with E-state index in [9.17, 15) is 14.4 Å². The second-order valence-corrected chi connectivity index (χ2v) is 7.73. The zero-order chi connectivity index (χ0) is 20.1. The number of amides is 3. The van der Waals surface area contributed by atoms with Crippen LogP contribution in [0.3, 0.4) is 0 Å². The Bertz CT molecular complexity index is 1000. The van der Waals surface area contributed by atoms with Crippen molar-refractivity contribution in [2.75, 3.05) is 24.5 Å². The Labute approximate surface area is 163 Å². The Hall–Kier alpha value is -3.15. The van der Waals surface area contributed by atoms with Crippen LogP contribution >= 0.6 is 0 Å². The molecule has 2 aromatic rings. The molecular formula is C22H23N3O3. The Kier molecular flexibility index (Phi) is 4.22. The van der Waals surface area contributed by atoms with E-state index >= 15 is 0 Å². The van der Waals surface area contributed by atoms with Crippen LogP contribution < -0.4 is 10.6 Å². The lowest BCUT2D eigenvalue weighted by Gasteiger charge is -2.24. The number of para-hydroxylation sites is 1. The minimum Gasteiger partial charge on any atom is -0.368 e. The Morgan fingerprint density at radius 2 is 1.86 bits per heavy atom. The van der Waals surface area contributed by atoms with Crippen molar-refractivity contribution < 1.29 is 14.4 Å². The van der Waals surface area contributed by atoms with Crippen LogP contribution in [0.5, 0.6) is 0 Å². The van der Waals surface area contributed by atoms with E-state index in [-0.39, 0.29) is 18.4 Å². The topological polar surface area (TPSA) is 83.7 Å². The molecule has 2 N–H and O–H groups in total. The molecule has 6 heteroatoms. The first-order chi connectivity index (χ1) is 13.3. The highest BCUT2D eigenvalue weighted by molar-refractivity contribution is 6.11. The summed E-state index contributed by atoms with van der Waals surface area (Å²) in [4.78, 5) is 41.1. The molecule has 0 aliphatic carbocycles. The van der Waals surface area contributed by atoms with Crippen molar-refractivity contribution in [3.8, 4) is 0 Å². The molecule has 1 saturated heterocycles.